The van der Waals surface area contributed by atoms with Crippen molar-refractivity contribution in [1.82, 2.24) is 62.6 Å². The predicted octanol–water partition coefficient (Wildman–Crippen LogP) is -3.49. The van der Waals surface area contributed by atoms with Gasteiger partial charge >= 0.3 is 6.09 Å². The lowest BCUT2D eigenvalue weighted by Crippen LogP contribution is -2.59. The molecule has 10 atom stereocenters. The maximum atomic E-state index is 15.1. The van der Waals surface area contributed by atoms with Crippen molar-refractivity contribution in [3.63, 3.8) is 0 Å². The van der Waals surface area contributed by atoms with Gasteiger partial charge in [0.05, 0.1) is 60.4 Å². The van der Waals surface area contributed by atoms with Crippen molar-refractivity contribution in [2.75, 3.05) is 58.2 Å². The number of amides is 13. The highest BCUT2D eigenvalue weighted by atomic mass is 32.2. The molecule has 1 aromatic heterocycles. The van der Waals surface area contributed by atoms with E-state index in [4.69, 9.17) is 10.5 Å². The Hall–Kier alpha value is -8.36. The number of hydrogen-bond acceptors (Lipinski definition) is 18. The average Bonchev–Trinajstić information content (AvgIpc) is 1.69. The molecule has 1 aromatic carbocycles. The smallest absolute Gasteiger partial charge is 0.410 e. The van der Waals surface area contributed by atoms with E-state index in [0.29, 0.717) is 51.6 Å². The van der Waals surface area contributed by atoms with E-state index in [9.17, 15) is 77.6 Å². The molecule has 500 valence electrons. The number of β-amino-alcohol motifs (C(OH)–C–C–N with tert-alkyl or cyclic N) is 1. The molecule has 4 heterocycles. The van der Waals surface area contributed by atoms with Crippen LogP contribution in [0, 0.1) is 23.7 Å². The molecule has 1 saturated carbocycles. The van der Waals surface area contributed by atoms with Gasteiger partial charge in [-0.15, -0.1) is 0 Å². The van der Waals surface area contributed by atoms with Crippen LogP contribution < -0.4 is 58.3 Å². The summed E-state index contributed by atoms with van der Waals surface area (Å²) in [6, 6.07) is -3.95. The summed E-state index contributed by atoms with van der Waals surface area (Å²) in [6.45, 7) is 4.35. The monoisotopic (exact) mass is 1300 g/mol. The van der Waals surface area contributed by atoms with Crippen LogP contribution in [-0.4, -0.2) is 212 Å². The minimum atomic E-state index is -2.50. The number of benzene rings is 1. The summed E-state index contributed by atoms with van der Waals surface area (Å²) in [6.07, 6.45) is 3.90. The molecule has 6 rings (SSSR count). The summed E-state index contributed by atoms with van der Waals surface area (Å²) in [7, 11) is -2.50. The summed E-state index contributed by atoms with van der Waals surface area (Å²) < 4.78 is 20.7. The molecule has 31 nitrogen and oxygen atoms in total. The highest BCUT2D eigenvalue weighted by molar-refractivity contribution is 7.85. The van der Waals surface area contributed by atoms with Crippen molar-refractivity contribution in [3.05, 3.63) is 35.9 Å². The third-order valence-electron chi connectivity index (χ3n) is 16.6. The number of aliphatic hydroxyl groups excluding tert-OH is 3. The number of H-pyrrole nitrogens is 1. The van der Waals surface area contributed by atoms with Gasteiger partial charge in [0.2, 0.25) is 59.1 Å². The van der Waals surface area contributed by atoms with Gasteiger partial charge in [0.1, 0.15) is 41.0 Å². The second kappa shape index (κ2) is 34.2. The van der Waals surface area contributed by atoms with Crippen LogP contribution in [0.25, 0.3) is 10.9 Å². The van der Waals surface area contributed by atoms with E-state index in [-0.39, 0.29) is 82.9 Å². The van der Waals surface area contributed by atoms with Crippen LogP contribution in [0.5, 0.6) is 5.75 Å². The molecule has 13 amide bonds. The summed E-state index contributed by atoms with van der Waals surface area (Å²) >= 11 is 0. The SMILES string of the molecule is CC[C@H](C)[C@@H]1NC(=O)CNC(=O)[C@H](NC(=O)[C@@H](NC(C)=O)[C@@H](C)[C@@H](O)CO)Cc2c([nH]c3cc(OC(=O)NCCCCCCNC(=O)C4CCC(CN5C(=O)C=CC5=O)CC4)ccc23)S(=O)C[C@@H](C(=O)N[C@@H](CC(N)=O)C(=O)N2CC[C@@H](O)C2)NC(=O)CNC1=O. The molecule has 91 heavy (non-hydrogen) atoms. The van der Waals surface area contributed by atoms with E-state index in [2.05, 4.69) is 52.8 Å². The molecule has 2 aromatic rings. The highest BCUT2D eigenvalue weighted by Crippen LogP contribution is 2.32. The van der Waals surface area contributed by atoms with Crippen molar-refractivity contribution in [1.29, 1.82) is 0 Å². The fourth-order valence-corrected chi connectivity index (χ4v) is 12.5. The largest absolute Gasteiger partial charge is 0.412 e. The second-order valence-electron chi connectivity index (χ2n) is 23.5. The number of primary amides is 1. The first-order valence-electron chi connectivity index (χ1n) is 30.6. The summed E-state index contributed by atoms with van der Waals surface area (Å²) in [4.78, 5) is 178. The number of aromatic nitrogens is 1. The van der Waals surface area contributed by atoms with Crippen LogP contribution in [0.1, 0.15) is 104 Å². The van der Waals surface area contributed by atoms with Crippen LogP contribution in [0.2, 0.25) is 0 Å². The van der Waals surface area contributed by atoms with E-state index >= 15 is 4.21 Å². The van der Waals surface area contributed by atoms with Gasteiger partial charge in [-0.05, 0) is 74.5 Å². The van der Waals surface area contributed by atoms with E-state index in [1.54, 1.807) is 13.8 Å². The number of unbranched alkanes of at least 4 members (excludes halogenated alkanes) is 3. The van der Waals surface area contributed by atoms with Crippen molar-refractivity contribution in [3.8, 4) is 5.75 Å². The number of nitrogens with one attached hydrogen (secondary N) is 10. The molecule has 3 aliphatic heterocycles. The molecule has 0 bridgehead atoms. The molecule has 0 radical (unpaired) electrons. The Kier molecular flexibility index (Phi) is 26.9. The van der Waals surface area contributed by atoms with Crippen LogP contribution >= 0.6 is 0 Å². The number of likely N-dealkylation sites (tertiary alicyclic amines) is 1. The molecule has 2 fully saturated rings. The van der Waals surface area contributed by atoms with E-state index in [1.165, 1.54) is 47.1 Å². The Morgan fingerprint density at radius 2 is 1.48 bits per heavy atom. The highest BCUT2D eigenvalue weighted by Gasteiger charge is 2.39. The molecule has 15 N–H and O–H groups in total. The zero-order valence-electron chi connectivity index (χ0n) is 51.4. The summed E-state index contributed by atoms with van der Waals surface area (Å²) in [5.41, 5.74) is 5.64. The topological polar surface area (TPSA) is 465 Å². The summed E-state index contributed by atoms with van der Waals surface area (Å²) in [5, 5.41) is 53.4. The number of aromatic amines is 1. The van der Waals surface area contributed by atoms with Crippen molar-refractivity contribution >= 4 is 98.7 Å². The first kappa shape index (κ1) is 71.7. The quantitative estimate of drug-likeness (QED) is 0.0358. The van der Waals surface area contributed by atoms with Gasteiger partial charge in [-0.3, -0.25) is 66.6 Å². The van der Waals surface area contributed by atoms with Gasteiger partial charge in [0.25, 0.3) is 11.8 Å². The lowest BCUT2D eigenvalue weighted by molar-refractivity contribution is -0.138. The normalized spacial score (nSPS) is 23.5. The lowest BCUT2D eigenvalue weighted by atomic mass is 9.81. The number of ether oxygens (including phenoxy) is 1. The fourth-order valence-electron chi connectivity index (χ4n) is 11.2. The van der Waals surface area contributed by atoms with Gasteiger partial charge < -0.3 is 83.5 Å². The Morgan fingerprint density at radius 3 is 2.10 bits per heavy atom. The first-order valence-corrected chi connectivity index (χ1v) is 31.9. The van der Waals surface area contributed by atoms with Crippen molar-refractivity contribution in [2.45, 2.75) is 152 Å². The van der Waals surface area contributed by atoms with Gasteiger partial charge in [-0.1, -0.05) is 40.0 Å². The number of carbonyl (C=O) groups excluding carboxylic acids is 13. The number of aliphatic hydroxyl groups is 3. The Labute approximate surface area is 527 Å². The minimum absolute atomic E-state index is 0.0197. The molecule has 32 heteroatoms. The van der Waals surface area contributed by atoms with E-state index < -0.39 is 163 Å². The second-order valence-corrected chi connectivity index (χ2v) is 24.9. The fraction of sp³-hybridized carbons (Fsp3) is 0.610. The lowest BCUT2D eigenvalue weighted by Gasteiger charge is -2.30. The third-order valence-corrected chi connectivity index (χ3v) is 18.1. The predicted molar refractivity (Wildman–Crippen MR) is 324 cm³/mol. The Bertz CT molecular complexity index is 3080. The number of nitrogens with zero attached hydrogens (tertiary/aromatic N) is 2. The number of rotatable bonds is 24. The number of carbonyl (C=O) groups is 13. The zero-order chi connectivity index (χ0) is 66.6. The molecular weight excluding hydrogens is 1210 g/mol. The minimum Gasteiger partial charge on any atom is -0.410 e. The van der Waals surface area contributed by atoms with Gasteiger partial charge in [-0.2, -0.15) is 0 Å². The van der Waals surface area contributed by atoms with Crippen molar-refractivity contribution < 1.29 is 86.6 Å². The molecule has 0 spiro atoms. The molecule has 1 aliphatic carbocycles. The van der Waals surface area contributed by atoms with E-state index in [1.807, 2.05) is 0 Å². The Balaban J connectivity index is 1.23. The zero-order valence-corrected chi connectivity index (χ0v) is 52.2. The first-order chi connectivity index (χ1) is 43.3. The van der Waals surface area contributed by atoms with Gasteiger partial charge in [0.15, 0.2) is 0 Å². The maximum Gasteiger partial charge on any atom is 0.412 e. The molecular formula is C59H85N13O18S. The maximum absolute atomic E-state index is 15.1. The standard InChI is InChI=1S/C59H85N13O18S/c1-5-31(2)50-55(85)64-25-46(78)66-43(54(84)68-42(24-45(60)77)58(87)71-21-18-36(75)28-71)30-91(89)57-39(23-41(53(83)63-26-47(79)70-50)67-56(86)51(65-33(4)74)32(3)44(76)29-73)38-15-14-37(22-40(38)69-57)90-59(88)62-20-9-7-6-8-19-61-52(82)35-12-10-34(11-13-35)27-72-48(80)16-17-49(72)81/h14-17,22,31-32,34-36,41-44,50-51,69,73,75-76H,5-13,18-21,23-30H2,1-4H3,(H2,60,77)(H,61,82)(H,62,88)(H,63,83)(H,64,85)(H,65,74)(H,66,78)(H,67,86)(H,68,84)(H,70,79)/t31-,32-,34?,35?,36+,41+,42-,43-,44-,50-,51-,91?/m0/s1. The average molecular weight is 1300 g/mol. The van der Waals surface area contributed by atoms with E-state index in [0.717, 1.165) is 26.2 Å². The van der Waals surface area contributed by atoms with Gasteiger partial charge in [-0.25, -0.2) is 4.79 Å². The third kappa shape index (κ3) is 20.8. The Morgan fingerprint density at radius 1 is 0.835 bits per heavy atom. The van der Waals surface area contributed by atoms with Gasteiger partial charge in [0, 0.05) is 81.5 Å². The van der Waals surface area contributed by atoms with Crippen LogP contribution in [0.3, 0.4) is 0 Å². The number of hydrogen-bond donors (Lipinski definition) is 14. The number of fused-ring (bicyclic) bond motifs is 3. The molecule has 1 saturated heterocycles. The van der Waals surface area contributed by atoms with Crippen molar-refractivity contribution in [2.24, 2.45) is 29.4 Å². The molecule has 4 aliphatic rings. The molecule has 1 unspecified atom stereocenters. The number of nitrogens with two attached hydrogens (primary N) is 1. The van der Waals surface area contributed by atoms with Crippen LogP contribution in [0.4, 0.5) is 4.79 Å². The van der Waals surface area contributed by atoms with Crippen LogP contribution in [0.15, 0.2) is 35.4 Å². The van der Waals surface area contributed by atoms with Crippen LogP contribution in [-0.2, 0) is 74.8 Å². The number of imide groups is 1. The summed E-state index contributed by atoms with van der Waals surface area (Å²) in [5.74, 6) is -11.8.